The molecule has 1 heterocycles. The Labute approximate surface area is 125 Å². The Bertz CT molecular complexity index is 321. The van der Waals surface area contributed by atoms with Crippen LogP contribution in [0.1, 0.15) is 33.1 Å². The van der Waals surface area contributed by atoms with Crippen LogP contribution in [0.3, 0.4) is 0 Å². The van der Waals surface area contributed by atoms with Gasteiger partial charge in [0.25, 0.3) is 0 Å². The van der Waals surface area contributed by atoms with Crippen molar-refractivity contribution in [3.63, 3.8) is 0 Å². The number of hydrogen-bond donors (Lipinski definition) is 1. The van der Waals surface area contributed by atoms with Crippen molar-refractivity contribution in [3.8, 4) is 0 Å². The van der Waals surface area contributed by atoms with Crippen molar-refractivity contribution in [1.82, 2.24) is 10.2 Å². The van der Waals surface area contributed by atoms with E-state index in [1.54, 1.807) is 0 Å². The highest BCUT2D eigenvalue weighted by Gasteiger charge is 2.38. The molecule has 1 aliphatic carbocycles. The van der Waals surface area contributed by atoms with E-state index in [2.05, 4.69) is 24.1 Å². The third-order valence-electron chi connectivity index (χ3n) is 4.77. The summed E-state index contributed by atoms with van der Waals surface area (Å²) in [6.45, 7) is 5.87. The third kappa shape index (κ3) is 5.42. The maximum atomic E-state index is 12.1. The van der Waals surface area contributed by atoms with Gasteiger partial charge in [0.2, 0.25) is 0 Å². The Hall–Kier alpha value is -0.330. The topological polar surface area (TPSA) is 24.5 Å². The van der Waals surface area contributed by atoms with Crippen LogP contribution in [0.25, 0.3) is 0 Å². The van der Waals surface area contributed by atoms with Crippen molar-refractivity contribution < 1.29 is 17.9 Å². The van der Waals surface area contributed by atoms with Gasteiger partial charge < -0.3 is 10.1 Å². The summed E-state index contributed by atoms with van der Waals surface area (Å²) in [4.78, 5) is 2.34. The van der Waals surface area contributed by atoms with E-state index in [9.17, 15) is 13.2 Å². The quantitative estimate of drug-likeness (QED) is 0.732. The van der Waals surface area contributed by atoms with Gasteiger partial charge in [-0.1, -0.05) is 20.3 Å². The lowest BCUT2D eigenvalue weighted by atomic mass is 9.93. The summed E-state index contributed by atoms with van der Waals surface area (Å²) in [6.07, 6.45) is -0.579. The number of alkyl halides is 3. The number of piperazine rings is 1. The molecule has 21 heavy (non-hydrogen) atoms. The minimum atomic E-state index is -4.23. The highest BCUT2D eigenvalue weighted by molar-refractivity contribution is 4.95. The monoisotopic (exact) mass is 308 g/mol. The molecule has 0 bridgehead atoms. The van der Waals surface area contributed by atoms with Crippen LogP contribution in [-0.4, -0.2) is 56.0 Å². The lowest BCUT2D eigenvalue weighted by molar-refractivity contribution is -0.175. The molecule has 0 aromatic rings. The largest absolute Gasteiger partial charge is 0.411 e. The van der Waals surface area contributed by atoms with E-state index in [1.165, 1.54) is 12.8 Å². The third-order valence-corrected chi connectivity index (χ3v) is 4.77. The molecule has 1 aliphatic heterocycles. The first-order valence-corrected chi connectivity index (χ1v) is 8.02. The maximum Gasteiger partial charge on any atom is 0.411 e. The lowest BCUT2D eigenvalue weighted by Crippen LogP contribution is -2.59. The predicted molar refractivity (Wildman–Crippen MR) is 76.2 cm³/mol. The van der Waals surface area contributed by atoms with E-state index in [0.717, 1.165) is 25.4 Å². The zero-order chi connectivity index (χ0) is 15.5. The van der Waals surface area contributed by atoms with Gasteiger partial charge in [0, 0.05) is 31.7 Å². The number of ether oxygens (including phenoxy) is 1. The predicted octanol–water partition coefficient (Wildman–Crippen LogP) is 2.66. The molecule has 2 rings (SSSR count). The second-order valence-corrected chi connectivity index (χ2v) is 6.47. The lowest BCUT2D eigenvalue weighted by Gasteiger charge is -2.43. The van der Waals surface area contributed by atoms with Crippen LogP contribution in [0.5, 0.6) is 0 Å². The number of halogens is 3. The van der Waals surface area contributed by atoms with Crippen molar-refractivity contribution >= 4 is 0 Å². The molecule has 124 valence electrons. The van der Waals surface area contributed by atoms with Crippen LogP contribution in [0, 0.1) is 11.8 Å². The van der Waals surface area contributed by atoms with Crippen LogP contribution in [0.2, 0.25) is 0 Å². The molecule has 3 atom stereocenters. The fourth-order valence-electron chi connectivity index (χ4n) is 3.13. The SMILES string of the molecule is CCC(C)C1CNC(C2CC2)CN1CCOCC(F)(F)F. The molecule has 3 nitrogen and oxygen atoms in total. The van der Waals surface area contributed by atoms with Gasteiger partial charge in [-0.15, -0.1) is 0 Å². The molecular formula is C15H27F3N2O. The molecule has 2 aliphatic rings. The Morgan fingerprint density at radius 2 is 2.05 bits per heavy atom. The van der Waals surface area contributed by atoms with Crippen LogP contribution < -0.4 is 5.32 Å². The summed E-state index contributed by atoms with van der Waals surface area (Å²) >= 11 is 0. The van der Waals surface area contributed by atoms with Crippen LogP contribution in [0.4, 0.5) is 13.2 Å². The summed E-state index contributed by atoms with van der Waals surface area (Å²) in [5.41, 5.74) is 0. The first-order valence-electron chi connectivity index (χ1n) is 8.02. The van der Waals surface area contributed by atoms with Gasteiger partial charge in [0.05, 0.1) is 6.61 Å². The second-order valence-electron chi connectivity index (χ2n) is 6.47. The Balaban J connectivity index is 1.81. The number of hydrogen-bond acceptors (Lipinski definition) is 3. The number of rotatable bonds is 7. The molecule has 1 N–H and O–H groups in total. The fourth-order valence-corrected chi connectivity index (χ4v) is 3.13. The molecule has 0 aromatic carbocycles. The van der Waals surface area contributed by atoms with E-state index in [0.29, 0.717) is 24.5 Å². The molecule has 0 aromatic heterocycles. The van der Waals surface area contributed by atoms with Gasteiger partial charge in [0.1, 0.15) is 6.61 Å². The zero-order valence-electron chi connectivity index (χ0n) is 13.0. The number of nitrogens with zero attached hydrogens (tertiary/aromatic N) is 1. The molecule has 0 amide bonds. The smallest absolute Gasteiger partial charge is 0.371 e. The van der Waals surface area contributed by atoms with E-state index in [4.69, 9.17) is 4.74 Å². The summed E-state index contributed by atoms with van der Waals surface area (Å²) in [7, 11) is 0. The first kappa shape index (κ1) is 17.0. The Morgan fingerprint density at radius 1 is 1.33 bits per heavy atom. The van der Waals surface area contributed by atoms with Gasteiger partial charge in [-0.25, -0.2) is 0 Å². The van der Waals surface area contributed by atoms with Crippen LogP contribution >= 0.6 is 0 Å². The first-order chi connectivity index (χ1) is 9.90. The summed E-state index contributed by atoms with van der Waals surface area (Å²) in [6, 6.07) is 0.910. The van der Waals surface area contributed by atoms with E-state index < -0.39 is 12.8 Å². The van der Waals surface area contributed by atoms with Crippen LogP contribution in [-0.2, 0) is 4.74 Å². The minimum Gasteiger partial charge on any atom is -0.371 e. The summed E-state index contributed by atoms with van der Waals surface area (Å²) in [5, 5.41) is 3.63. The highest BCUT2D eigenvalue weighted by Crippen LogP contribution is 2.35. The van der Waals surface area contributed by atoms with Gasteiger partial charge in [-0.3, -0.25) is 4.90 Å². The average Bonchev–Trinajstić information content (AvgIpc) is 3.26. The van der Waals surface area contributed by atoms with Crippen molar-refractivity contribution in [1.29, 1.82) is 0 Å². The molecule has 1 saturated carbocycles. The summed E-state index contributed by atoms with van der Waals surface area (Å²) in [5.74, 6) is 1.31. The number of nitrogens with one attached hydrogen (secondary N) is 1. The van der Waals surface area contributed by atoms with E-state index >= 15 is 0 Å². The van der Waals surface area contributed by atoms with Crippen molar-refractivity contribution in [3.05, 3.63) is 0 Å². The van der Waals surface area contributed by atoms with E-state index in [-0.39, 0.29) is 6.61 Å². The highest BCUT2D eigenvalue weighted by atomic mass is 19.4. The van der Waals surface area contributed by atoms with Gasteiger partial charge >= 0.3 is 6.18 Å². The minimum absolute atomic E-state index is 0.157. The van der Waals surface area contributed by atoms with Gasteiger partial charge in [-0.05, 0) is 24.7 Å². The zero-order valence-corrected chi connectivity index (χ0v) is 13.0. The van der Waals surface area contributed by atoms with Crippen molar-refractivity contribution in [2.75, 3.05) is 32.8 Å². The molecule has 2 fully saturated rings. The molecule has 0 spiro atoms. The molecule has 3 unspecified atom stereocenters. The Morgan fingerprint density at radius 3 is 2.62 bits per heavy atom. The molecule has 1 saturated heterocycles. The summed E-state index contributed by atoms with van der Waals surface area (Å²) < 4.78 is 41.1. The normalized spacial score (nSPS) is 29.6. The Kier molecular flexibility index (Phi) is 5.91. The van der Waals surface area contributed by atoms with Crippen LogP contribution in [0.15, 0.2) is 0 Å². The standard InChI is InChI=1S/C15H27F3N2O/c1-3-11(2)14-8-19-13(12-4-5-12)9-20(14)6-7-21-10-15(16,17)18/h11-14,19H,3-10H2,1-2H3. The van der Waals surface area contributed by atoms with Gasteiger partial charge in [0.15, 0.2) is 0 Å². The maximum absolute atomic E-state index is 12.1. The molecular weight excluding hydrogens is 281 g/mol. The van der Waals surface area contributed by atoms with Gasteiger partial charge in [-0.2, -0.15) is 13.2 Å². The van der Waals surface area contributed by atoms with Crippen molar-refractivity contribution in [2.45, 2.75) is 51.4 Å². The fraction of sp³-hybridized carbons (Fsp3) is 1.00. The average molecular weight is 308 g/mol. The second kappa shape index (κ2) is 7.29. The molecule has 0 radical (unpaired) electrons. The van der Waals surface area contributed by atoms with E-state index in [1.807, 2.05) is 0 Å². The van der Waals surface area contributed by atoms with Crippen molar-refractivity contribution in [2.24, 2.45) is 11.8 Å². The molecule has 6 heteroatoms.